The first-order chi connectivity index (χ1) is 6.49. The first kappa shape index (κ1) is 12.2. The summed E-state index contributed by atoms with van der Waals surface area (Å²) >= 11 is 0. The first-order valence-electron chi connectivity index (χ1n) is 4.22. The van der Waals surface area contributed by atoms with Gasteiger partial charge in [0.15, 0.2) is 0 Å². The molecule has 2 atom stereocenters. The Bertz CT molecular complexity index is 281. The standard InChI is InChI=1S/C7H14ClNO4S/c1-12-5-6-3-7(13-2)4-9(6)14(8,10)11/h6-7H,3-5H2,1-2H3/t6-,7-/m0/s1. The summed E-state index contributed by atoms with van der Waals surface area (Å²) in [7, 11) is 4.69. The van der Waals surface area contributed by atoms with Crippen LogP contribution in [-0.4, -0.2) is 52.2 Å². The normalized spacial score (nSPS) is 29.6. The van der Waals surface area contributed by atoms with Crippen LogP contribution in [0.3, 0.4) is 0 Å². The summed E-state index contributed by atoms with van der Waals surface area (Å²) in [6.07, 6.45) is 0.528. The average molecular weight is 244 g/mol. The summed E-state index contributed by atoms with van der Waals surface area (Å²) < 4.78 is 33.6. The number of nitrogens with zero attached hydrogens (tertiary/aromatic N) is 1. The number of ether oxygens (including phenoxy) is 2. The lowest BCUT2D eigenvalue weighted by atomic mass is 10.2. The first-order valence-corrected chi connectivity index (χ1v) is 6.48. The molecule has 0 spiro atoms. The Kier molecular flexibility index (Phi) is 4.15. The lowest BCUT2D eigenvalue weighted by Crippen LogP contribution is -2.35. The van der Waals surface area contributed by atoms with Gasteiger partial charge in [0.2, 0.25) is 0 Å². The SMILES string of the molecule is COC[C@@H]1C[C@H](OC)CN1S(=O)(=O)Cl. The molecule has 0 saturated carbocycles. The Hall–Kier alpha value is 0.120. The Morgan fingerprint density at radius 1 is 1.50 bits per heavy atom. The second-order valence-corrected chi connectivity index (χ2v) is 5.68. The summed E-state index contributed by atoms with van der Waals surface area (Å²) in [6, 6.07) is -0.215. The fraction of sp³-hybridized carbons (Fsp3) is 1.00. The lowest BCUT2D eigenvalue weighted by Gasteiger charge is -2.18. The molecule has 0 amide bonds. The second kappa shape index (κ2) is 4.76. The van der Waals surface area contributed by atoms with Crippen LogP contribution in [-0.2, 0) is 18.7 Å². The van der Waals surface area contributed by atoms with Crippen molar-refractivity contribution >= 4 is 19.9 Å². The fourth-order valence-corrected chi connectivity index (χ4v) is 2.98. The van der Waals surface area contributed by atoms with Crippen molar-refractivity contribution in [1.82, 2.24) is 4.31 Å². The zero-order valence-electron chi connectivity index (χ0n) is 8.14. The van der Waals surface area contributed by atoms with Crippen molar-refractivity contribution in [2.45, 2.75) is 18.6 Å². The average Bonchev–Trinajstić information content (AvgIpc) is 2.48. The number of hydrogen-bond donors (Lipinski definition) is 0. The van der Waals surface area contributed by atoms with Gasteiger partial charge in [-0.2, -0.15) is 12.7 Å². The molecule has 84 valence electrons. The van der Waals surface area contributed by atoms with Gasteiger partial charge in [-0.05, 0) is 6.42 Å². The van der Waals surface area contributed by atoms with Gasteiger partial charge in [0.05, 0.1) is 18.8 Å². The van der Waals surface area contributed by atoms with Crippen molar-refractivity contribution in [3.05, 3.63) is 0 Å². The maximum absolute atomic E-state index is 11.2. The highest BCUT2D eigenvalue weighted by molar-refractivity contribution is 8.11. The van der Waals surface area contributed by atoms with E-state index in [0.29, 0.717) is 19.6 Å². The monoisotopic (exact) mass is 243 g/mol. The van der Waals surface area contributed by atoms with Crippen LogP contribution in [0.2, 0.25) is 0 Å². The number of hydrogen-bond acceptors (Lipinski definition) is 4. The maximum Gasteiger partial charge on any atom is 0.300 e. The van der Waals surface area contributed by atoms with Gasteiger partial charge in [0, 0.05) is 31.4 Å². The smallest absolute Gasteiger partial charge is 0.300 e. The van der Waals surface area contributed by atoms with E-state index in [1.54, 1.807) is 7.11 Å². The van der Waals surface area contributed by atoms with Gasteiger partial charge in [-0.1, -0.05) is 0 Å². The number of methoxy groups -OCH3 is 2. The molecule has 1 aliphatic rings. The van der Waals surface area contributed by atoms with Gasteiger partial charge in [0.1, 0.15) is 0 Å². The molecule has 0 aromatic rings. The van der Waals surface area contributed by atoms with Crippen molar-refractivity contribution in [2.75, 3.05) is 27.4 Å². The minimum absolute atomic E-state index is 0.0938. The van der Waals surface area contributed by atoms with E-state index in [-0.39, 0.29) is 12.1 Å². The molecule has 1 rings (SSSR count). The minimum atomic E-state index is -3.67. The van der Waals surface area contributed by atoms with Crippen LogP contribution in [0.5, 0.6) is 0 Å². The summed E-state index contributed by atoms with van der Waals surface area (Å²) in [4.78, 5) is 0. The Labute approximate surface area is 88.5 Å². The van der Waals surface area contributed by atoms with Crippen molar-refractivity contribution in [3.63, 3.8) is 0 Å². The quantitative estimate of drug-likeness (QED) is 0.663. The molecule has 0 N–H and O–H groups in total. The van der Waals surface area contributed by atoms with E-state index in [0.717, 1.165) is 0 Å². The topological polar surface area (TPSA) is 55.8 Å². The van der Waals surface area contributed by atoms with E-state index >= 15 is 0 Å². The van der Waals surface area contributed by atoms with E-state index in [1.165, 1.54) is 11.4 Å². The van der Waals surface area contributed by atoms with Crippen LogP contribution in [0, 0.1) is 0 Å². The number of halogens is 1. The Morgan fingerprint density at radius 2 is 2.14 bits per heavy atom. The van der Waals surface area contributed by atoms with Crippen LogP contribution in [0.1, 0.15) is 6.42 Å². The van der Waals surface area contributed by atoms with Crippen LogP contribution < -0.4 is 0 Å². The summed E-state index contributed by atoms with van der Waals surface area (Å²) in [5, 5.41) is 0. The predicted molar refractivity (Wildman–Crippen MR) is 52.6 cm³/mol. The highest BCUT2D eigenvalue weighted by atomic mass is 35.7. The van der Waals surface area contributed by atoms with Gasteiger partial charge in [-0.25, -0.2) is 0 Å². The molecule has 1 heterocycles. The fourth-order valence-electron chi connectivity index (χ4n) is 1.63. The van der Waals surface area contributed by atoms with Gasteiger partial charge in [-0.15, -0.1) is 0 Å². The maximum atomic E-state index is 11.2. The van der Waals surface area contributed by atoms with Crippen molar-refractivity contribution < 1.29 is 17.9 Å². The van der Waals surface area contributed by atoms with Gasteiger partial charge < -0.3 is 9.47 Å². The molecular formula is C7H14ClNO4S. The minimum Gasteiger partial charge on any atom is -0.383 e. The highest BCUT2D eigenvalue weighted by Gasteiger charge is 2.38. The van der Waals surface area contributed by atoms with E-state index < -0.39 is 9.24 Å². The third-order valence-corrected chi connectivity index (χ3v) is 3.84. The molecular weight excluding hydrogens is 230 g/mol. The van der Waals surface area contributed by atoms with Gasteiger partial charge in [0.25, 0.3) is 9.24 Å². The summed E-state index contributed by atoms with van der Waals surface area (Å²) in [6.45, 7) is 0.641. The predicted octanol–water partition coefficient (Wildman–Crippen LogP) is 0.206. The van der Waals surface area contributed by atoms with Crippen LogP contribution >= 0.6 is 10.7 Å². The lowest BCUT2D eigenvalue weighted by molar-refractivity contribution is 0.110. The molecule has 0 aromatic carbocycles. The van der Waals surface area contributed by atoms with Gasteiger partial charge in [-0.3, -0.25) is 0 Å². The molecule has 0 unspecified atom stereocenters. The second-order valence-electron chi connectivity index (χ2n) is 3.21. The van der Waals surface area contributed by atoms with E-state index in [9.17, 15) is 8.42 Å². The van der Waals surface area contributed by atoms with Crippen molar-refractivity contribution in [2.24, 2.45) is 0 Å². The summed E-state index contributed by atoms with van der Waals surface area (Å²) in [5.74, 6) is 0. The third-order valence-electron chi connectivity index (χ3n) is 2.30. The zero-order chi connectivity index (χ0) is 10.8. The van der Waals surface area contributed by atoms with Gasteiger partial charge >= 0.3 is 0 Å². The van der Waals surface area contributed by atoms with E-state index in [4.69, 9.17) is 20.2 Å². The van der Waals surface area contributed by atoms with Crippen LogP contribution in [0.15, 0.2) is 0 Å². The summed E-state index contributed by atoms with van der Waals surface area (Å²) in [5.41, 5.74) is 0. The van der Waals surface area contributed by atoms with Crippen LogP contribution in [0.4, 0.5) is 0 Å². The molecule has 0 bridgehead atoms. The highest BCUT2D eigenvalue weighted by Crippen LogP contribution is 2.25. The molecule has 0 aromatic heterocycles. The molecule has 5 nitrogen and oxygen atoms in total. The molecule has 0 aliphatic carbocycles. The van der Waals surface area contributed by atoms with Crippen molar-refractivity contribution in [3.8, 4) is 0 Å². The molecule has 7 heteroatoms. The molecule has 1 fully saturated rings. The van der Waals surface area contributed by atoms with E-state index in [2.05, 4.69) is 0 Å². The Balaban J connectivity index is 2.72. The van der Waals surface area contributed by atoms with Crippen LogP contribution in [0.25, 0.3) is 0 Å². The zero-order valence-corrected chi connectivity index (χ0v) is 9.71. The molecule has 0 radical (unpaired) electrons. The van der Waals surface area contributed by atoms with E-state index in [1.807, 2.05) is 0 Å². The third kappa shape index (κ3) is 2.80. The van der Waals surface area contributed by atoms with Crippen molar-refractivity contribution in [1.29, 1.82) is 0 Å². The molecule has 14 heavy (non-hydrogen) atoms. The number of rotatable bonds is 4. The largest absolute Gasteiger partial charge is 0.383 e. The molecule has 1 saturated heterocycles. The molecule has 1 aliphatic heterocycles. The Morgan fingerprint density at radius 3 is 2.57 bits per heavy atom.